The third-order valence-corrected chi connectivity index (χ3v) is 8.32. The van der Waals surface area contributed by atoms with Crippen LogP contribution >= 0.6 is 11.8 Å². The summed E-state index contributed by atoms with van der Waals surface area (Å²) in [5.74, 6) is 0.819. The standard InChI is InChI=1S/C27H31N3O5S/c1-15(2)11-19(23(31)28-13-16-9-10-20-21(12-16)35-14-34-20)29-24(32)22-27(3,4)36-26-18-8-6-5-7-17(18)25(33)30(22)26/h5-10,12,15,19,22,26H,11,13-14H2,1-4H3,(H,28,31)(H,29,32)/t19-,22-,26+/m0/s1. The second kappa shape index (κ2) is 9.35. The van der Waals surface area contributed by atoms with Crippen molar-refractivity contribution < 1.29 is 23.9 Å². The van der Waals surface area contributed by atoms with Crippen LogP contribution in [0.1, 0.15) is 61.0 Å². The van der Waals surface area contributed by atoms with Crippen molar-refractivity contribution in [1.82, 2.24) is 15.5 Å². The average molecular weight is 510 g/mol. The molecule has 9 heteroatoms. The summed E-state index contributed by atoms with van der Waals surface area (Å²) in [6.07, 6.45) is 0.483. The van der Waals surface area contributed by atoms with E-state index in [0.717, 1.165) is 11.1 Å². The first kappa shape index (κ1) is 24.5. The van der Waals surface area contributed by atoms with E-state index in [4.69, 9.17) is 9.47 Å². The van der Waals surface area contributed by atoms with Crippen molar-refractivity contribution in [3.05, 3.63) is 59.2 Å². The molecule has 3 aliphatic heterocycles. The minimum atomic E-state index is -0.716. The Kier molecular flexibility index (Phi) is 6.36. The lowest BCUT2D eigenvalue weighted by Crippen LogP contribution is -2.57. The lowest BCUT2D eigenvalue weighted by Gasteiger charge is -2.31. The van der Waals surface area contributed by atoms with Crippen LogP contribution in [0.3, 0.4) is 0 Å². The summed E-state index contributed by atoms with van der Waals surface area (Å²) in [5, 5.41) is 5.72. The van der Waals surface area contributed by atoms with Crippen LogP contribution in [0.5, 0.6) is 11.5 Å². The van der Waals surface area contributed by atoms with Gasteiger partial charge in [-0.25, -0.2) is 0 Å². The van der Waals surface area contributed by atoms with E-state index in [1.54, 1.807) is 16.7 Å². The Labute approximate surface area is 215 Å². The minimum Gasteiger partial charge on any atom is -0.454 e. The van der Waals surface area contributed by atoms with E-state index >= 15 is 0 Å². The van der Waals surface area contributed by atoms with Gasteiger partial charge >= 0.3 is 0 Å². The average Bonchev–Trinajstić information content (AvgIpc) is 3.48. The smallest absolute Gasteiger partial charge is 0.256 e. The fourth-order valence-electron chi connectivity index (χ4n) is 5.12. The van der Waals surface area contributed by atoms with E-state index in [0.29, 0.717) is 30.0 Å². The Bertz CT molecular complexity index is 1210. The lowest BCUT2D eigenvalue weighted by molar-refractivity contribution is -0.132. The summed E-state index contributed by atoms with van der Waals surface area (Å²) in [4.78, 5) is 41.8. The van der Waals surface area contributed by atoms with Crippen molar-refractivity contribution in [3.8, 4) is 11.5 Å². The number of amides is 3. The molecule has 2 aromatic rings. The summed E-state index contributed by atoms with van der Waals surface area (Å²) in [7, 11) is 0. The van der Waals surface area contributed by atoms with Gasteiger partial charge in [-0.2, -0.15) is 0 Å². The van der Waals surface area contributed by atoms with Gasteiger partial charge in [0, 0.05) is 16.9 Å². The molecule has 36 heavy (non-hydrogen) atoms. The Hall–Kier alpha value is -3.20. The number of hydrogen-bond donors (Lipinski definition) is 2. The molecule has 1 fully saturated rings. The van der Waals surface area contributed by atoms with Gasteiger partial charge in [0.2, 0.25) is 18.6 Å². The first-order chi connectivity index (χ1) is 17.2. The molecule has 0 bridgehead atoms. The van der Waals surface area contributed by atoms with Crippen LogP contribution in [-0.4, -0.2) is 46.2 Å². The number of hydrogen-bond acceptors (Lipinski definition) is 6. The highest BCUT2D eigenvalue weighted by Gasteiger charge is 2.57. The number of carbonyl (C=O) groups is 3. The molecule has 3 aliphatic rings. The first-order valence-electron chi connectivity index (χ1n) is 12.2. The zero-order valence-corrected chi connectivity index (χ0v) is 21.7. The predicted molar refractivity (Wildman–Crippen MR) is 137 cm³/mol. The minimum absolute atomic E-state index is 0.138. The Balaban J connectivity index is 1.30. The van der Waals surface area contributed by atoms with Crippen molar-refractivity contribution in [2.45, 2.75) is 62.9 Å². The van der Waals surface area contributed by atoms with Gasteiger partial charge in [0.05, 0.1) is 0 Å². The summed E-state index contributed by atoms with van der Waals surface area (Å²) in [5.41, 5.74) is 2.46. The maximum Gasteiger partial charge on any atom is 0.256 e. The van der Waals surface area contributed by atoms with Gasteiger partial charge in [0.25, 0.3) is 5.91 Å². The fourth-order valence-corrected chi connectivity index (χ4v) is 6.71. The van der Waals surface area contributed by atoms with Crippen LogP contribution in [-0.2, 0) is 16.1 Å². The van der Waals surface area contributed by atoms with Crippen LogP contribution < -0.4 is 20.1 Å². The number of rotatable bonds is 7. The molecule has 190 valence electrons. The summed E-state index contributed by atoms with van der Waals surface area (Å²) >= 11 is 1.61. The molecule has 8 nitrogen and oxygen atoms in total. The molecule has 0 saturated carbocycles. The summed E-state index contributed by atoms with van der Waals surface area (Å²) in [6.45, 7) is 8.47. The number of benzene rings is 2. The largest absolute Gasteiger partial charge is 0.454 e. The zero-order valence-electron chi connectivity index (χ0n) is 20.9. The quantitative estimate of drug-likeness (QED) is 0.592. The van der Waals surface area contributed by atoms with Gasteiger partial charge in [-0.15, -0.1) is 11.8 Å². The number of nitrogens with zero attached hydrogens (tertiary/aromatic N) is 1. The van der Waals surface area contributed by atoms with Gasteiger partial charge in [-0.1, -0.05) is 38.1 Å². The molecule has 1 saturated heterocycles. The van der Waals surface area contributed by atoms with Crippen molar-refractivity contribution in [1.29, 1.82) is 0 Å². The second-order valence-corrected chi connectivity index (χ2v) is 12.1. The van der Waals surface area contributed by atoms with Gasteiger partial charge < -0.3 is 25.0 Å². The molecule has 3 atom stereocenters. The van der Waals surface area contributed by atoms with Gasteiger partial charge in [-0.05, 0) is 55.5 Å². The summed E-state index contributed by atoms with van der Waals surface area (Å²) in [6, 6.07) is 11.6. The Morgan fingerprint density at radius 3 is 2.67 bits per heavy atom. The lowest BCUT2D eigenvalue weighted by atomic mass is 9.98. The third-order valence-electron chi connectivity index (χ3n) is 6.79. The van der Waals surface area contributed by atoms with Crippen LogP contribution in [0.25, 0.3) is 0 Å². The maximum atomic E-state index is 13.7. The van der Waals surface area contributed by atoms with Gasteiger partial charge in [0.1, 0.15) is 17.5 Å². The Morgan fingerprint density at radius 1 is 1.14 bits per heavy atom. The molecule has 2 N–H and O–H groups in total. The number of carbonyl (C=O) groups excluding carboxylic acids is 3. The molecule has 0 radical (unpaired) electrons. The first-order valence-corrected chi connectivity index (χ1v) is 13.1. The molecule has 5 rings (SSSR count). The number of thioether (sulfide) groups is 1. The SMILES string of the molecule is CC(C)C[C@H](NC(=O)[C@@H]1N2C(=O)c3ccccc3[C@H]2SC1(C)C)C(=O)NCc1ccc2c(c1)OCO2. The topological polar surface area (TPSA) is 97.0 Å². The van der Waals surface area contributed by atoms with E-state index in [9.17, 15) is 14.4 Å². The van der Waals surface area contributed by atoms with Gasteiger partial charge in [-0.3, -0.25) is 14.4 Å². The Morgan fingerprint density at radius 2 is 1.89 bits per heavy atom. The van der Waals surface area contributed by atoms with Crippen LogP contribution in [0.15, 0.2) is 42.5 Å². The monoisotopic (exact) mass is 509 g/mol. The normalized spacial score (nSPS) is 21.8. The van der Waals surface area contributed by atoms with Crippen molar-refractivity contribution in [3.63, 3.8) is 0 Å². The summed E-state index contributed by atoms with van der Waals surface area (Å²) < 4.78 is 10.2. The van der Waals surface area contributed by atoms with Crippen LogP contribution in [0.4, 0.5) is 0 Å². The van der Waals surface area contributed by atoms with Crippen molar-refractivity contribution in [2.24, 2.45) is 5.92 Å². The maximum absolute atomic E-state index is 13.7. The molecule has 2 aromatic carbocycles. The number of nitrogens with one attached hydrogen (secondary N) is 2. The molecular weight excluding hydrogens is 478 g/mol. The molecule has 0 spiro atoms. The van der Waals surface area contributed by atoms with Crippen molar-refractivity contribution >= 4 is 29.5 Å². The molecule has 3 amide bonds. The van der Waals surface area contributed by atoms with E-state index in [1.165, 1.54) is 0 Å². The number of fused-ring (bicyclic) bond motifs is 4. The zero-order chi connectivity index (χ0) is 25.6. The predicted octanol–water partition coefficient (Wildman–Crippen LogP) is 3.61. The van der Waals surface area contributed by atoms with Crippen LogP contribution in [0, 0.1) is 5.92 Å². The van der Waals surface area contributed by atoms with Crippen LogP contribution in [0.2, 0.25) is 0 Å². The highest BCUT2D eigenvalue weighted by molar-refractivity contribution is 8.01. The second-order valence-electron chi connectivity index (χ2n) is 10.4. The van der Waals surface area contributed by atoms with E-state index in [-0.39, 0.29) is 35.8 Å². The molecule has 0 aromatic heterocycles. The van der Waals surface area contributed by atoms with E-state index < -0.39 is 16.8 Å². The highest BCUT2D eigenvalue weighted by Crippen LogP contribution is 2.56. The molecule has 3 heterocycles. The van der Waals surface area contributed by atoms with Gasteiger partial charge in [0.15, 0.2) is 11.5 Å². The molecule has 0 unspecified atom stereocenters. The fraction of sp³-hybridized carbons (Fsp3) is 0.444. The highest BCUT2D eigenvalue weighted by atomic mass is 32.2. The number of ether oxygens (including phenoxy) is 2. The molecular formula is C27H31N3O5S. The van der Waals surface area contributed by atoms with Crippen molar-refractivity contribution in [2.75, 3.05) is 6.79 Å². The molecule has 0 aliphatic carbocycles. The third kappa shape index (κ3) is 4.40. The van der Waals surface area contributed by atoms with E-state index in [2.05, 4.69) is 10.6 Å². The van der Waals surface area contributed by atoms with E-state index in [1.807, 2.05) is 70.2 Å².